The first-order chi connectivity index (χ1) is 13.0. The van der Waals surface area contributed by atoms with Gasteiger partial charge >= 0.3 is 0 Å². The van der Waals surface area contributed by atoms with Gasteiger partial charge in [0.05, 0.1) is 6.42 Å². The van der Waals surface area contributed by atoms with Crippen molar-refractivity contribution >= 4 is 11.8 Å². The van der Waals surface area contributed by atoms with E-state index in [4.69, 9.17) is 0 Å². The van der Waals surface area contributed by atoms with Gasteiger partial charge in [-0.05, 0) is 57.9 Å². The minimum atomic E-state index is -0.632. The second-order valence-electron chi connectivity index (χ2n) is 8.23. The predicted molar refractivity (Wildman–Crippen MR) is 109 cm³/mol. The van der Waals surface area contributed by atoms with Crippen LogP contribution in [0.2, 0.25) is 0 Å². The zero-order valence-electron chi connectivity index (χ0n) is 17.3. The number of hydrogen-bond acceptors (Lipinski definition) is 2. The molecule has 0 aliphatic carbocycles. The van der Waals surface area contributed by atoms with Crippen LogP contribution >= 0.6 is 0 Å². The fraction of sp³-hybridized carbons (Fsp3) is 0.391. The van der Waals surface area contributed by atoms with Gasteiger partial charge in [0.15, 0.2) is 0 Å². The first kappa shape index (κ1) is 21.6. The van der Waals surface area contributed by atoms with Gasteiger partial charge in [-0.15, -0.1) is 0 Å². The van der Waals surface area contributed by atoms with E-state index in [2.05, 4.69) is 5.32 Å². The maximum Gasteiger partial charge on any atom is 0.242 e. The summed E-state index contributed by atoms with van der Waals surface area (Å²) in [5.41, 5.74) is 2.38. The Morgan fingerprint density at radius 2 is 1.71 bits per heavy atom. The molecule has 150 valence electrons. The summed E-state index contributed by atoms with van der Waals surface area (Å²) in [6.07, 6.45) is 0.110. The zero-order chi connectivity index (χ0) is 20.9. The molecular weight excluding hydrogens is 355 g/mol. The number of hydrogen-bond donors (Lipinski definition) is 1. The highest BCUT2D eigenvalue weighted by molar-refractivity contribution is 5.88. The van der Waals surface area contributed by atoms with E-state index in [1.807, 2.05) is 52.0 Å². The van der Waals surface area contributed by atoms with E-state index in [1.165, 1.54) is 12.1 Å². The summed E-state index contributed by atoms with van der Waals surface area (Å²) in [7, 11) is 0. The number of rotatable bonds is 6. The average molecular weight is 384 g/mol. The lowest BCUT2D eigenvalue weighted by atomic mass is 10.1. The Kier molecular flexibility index (Phi) is 6.95. The Morgan fingerprint density at radius 3 is 2.29 bits per heavy atom. The number of amides is 2. The summed E-state index contributed by atoms with van der Waals surface area (Å²) < 4.78 is 13.2. The van der Waals surface area contributed by atoms with Crippen LogP contribution in [-0.2, 0) is 22.6 Å². The van der Waals surface area contributed by atoms with E-state index in [1.54, 1.807) is 24.0 Å². The topological polar surface area (TPSA) is 49.4 Å². The maximum atomic E-state index is 13.2. The minimum absolute atomic E-state index is 0.110. The molecule has 0 saturated heterocycles. The number of aryl methyl sites for hydroxylation is 1. The molecule has 0 spiro atoms. The van der Waals surface area contributed by atoms with Gasteiger partial charge in [0.1, 0.15) is 11.9 Å². The number of benzene rings is 2. The van der Waals surface area contributed by atoms with Gasteiger partial charge in [-0.1, -0.05) is 42.0 Å². The summed E-state index contributed by atoms with van der Waals surface area (Å²) in [6, 6.07) is 13.1. The third kappa shape index (κ3) is 6.48. The molecule has 2 amide bonds. The third-order valence-electron chi connectivity index (χ3n) is 4.37. The highest BCUT2D eigenvalue weighted by Gasteiger charge is 2.28. The lowest BCUT2D eigenvalue weighted by Gasteiger charge is -2.31. The largest absolute Gasteiger partial charge is 0.350 e. The zero-order valence-corrected chi connectivity index (χ0v) is 17.3. The van der Waals surface area contributed by atoms with Crippen molar-refractivity contribution in [1.29, 1.82) is 0 Å². The number of halogens is 1. The van der Waals surface area contributed by atoms with Crippen LogP contribution in [0.3, 0.4) is 0 Å². The molecule has 4 nitrogen and oxygen atoms in total. The van der Waals surface area contributed by atoms with Crippen molar-refractivity contribution in [1.82, 2.24) is 10.2 Å². The molecule has 0 aromatic heterocycles. The van der Waals surface area contributed by atoms with Gasteiger partial charge in [-0.3, -0.25) is 9.59 Å². The van der Waals surface area contributed by atoms with E-state index >= 15 is 0 Å². The van der Waals surface area contributed by atoms with E-state index in [0.29, 0.717) is 12.1 Å². The van der Waals surface area contributed by atoms with Crippen molar-refractivity contribution in [2.75, 3.05) is 0 Å². The van der Waals surface area contributed by atoms with Crippen molar-refractivity contribution in [3.05, 3.63) is 71.0 Å². The predicted octanol–water partition coefficient (Wildman–Crippen LogP) is 4.01. The lowest BCUT2D eigenvalue weighted by molar-refractivity contribution is -0.140. The number of nitrogens with one attached hydrogen (secondary N) is 1. The lowest BCUT2D eigenvalue weighted by Crippen LogP contribution is -2.52. The fourth-order valence-electron chi connectivity index (χ4n) is 2.94. The summed E-state index contributed by atoms with van der Waals surface area (Å²) in [6.45, 7) is 9.78. The minimum Gasteiger partial charge on any atom is -0.350 e. The highest BCUT2D eigenvalue weighted by Crippen LogP contribution is 2.15. The molecule has 2 aromatic rings. The Morgan fingerprint density at radius 1 is 1.07 bits per heavy atom. The molecule has 0 saturated carbocycles. The van der Waals surface area contributed by atoms with Gasteiger partial charge in [0.25, 0.3) is 0 Å². The highest BCUT2D eigenvalue weighted by atomic mass is 19.1. The molecule has 0 radical (unpaired) electrons. The van der Waals surface area contributed by atoms with Crippen molar-refractivity contribution in [2.45, 2.75) is 59.2 Å². The van der Waals surface area contributed by atoms with Crippen LogP contribution < -0.4 is 5.32 Å². The average Bonchev–Trinajstić information content (AvgIpc) is 2.59. The van der Waals surface area contributed by atoms with E-state index in [-0.39, 0.29) is 29.6 Å². The molecular formula is C23H29FN2O2. The molecule has 1 atom stereocenters. The van der Waals surface area contributed by atoms with Crippen molar-refractivity contribution in [2.24, 2.45) is 0 Å². The standard InChI is InChI=1S/C23H29FN2O2/c1-16-7-6-8-19(13-16)15-26(17(2)22(28)25-23(3,4)5)21(27)14-18-9-11-20(24)12-10-18/h6-13,17H,14-15H2,1-5H3,(H,25,28)/t17-/m0/s1. The quantitative estimate of drug-likeness (QED) is 0.818. The Hall–Kier alpha value is -2.69. The Bertz CT molecular complexity index is 825. The van der Waals surface area contributed by atoms with E-state index < -0.39 is 6.04 Å². The second-order valence-corrected chi connectivity index (χ2v) is 8.23. The van der Waals surface area contributed by atoms with Crippen LogP contribution in [0.25, 0.3) is 0 Å². The summed E-state index contributed by atoms with van der Waals surface area (Å²) in [4.78, 5) is 27.3. The Balaban J connectivity index is 2.24. The van der Waals surface area contributed by atoms with Crippen LogP contribution in [0, 0.1) is 12.7 Å². The summed E-state index contributed by atoms with van der Waals surface area (Å²) in [5.74, 6) is -0.719. The smallest absolute Gasteiger partial charge is 0.242 e. The molecule has 5 heteroatoms. The molecule has 28 heavy (non-hydrogen) atoms. The van der Waals surface area contributed by atoms with Gasteiger partial charge < -0.3 is 10.2 Å². The molecule has 2 rings (SSSR count). The number of carbonyl (C=O) groups is 2. The normalized spacial score (nSPS) is 12.4. The van der Waals surface area contributed by atoms with Gasteiger partial charge in [-0.2, -0.15) is 0 Å². The third-order valence-corrected chi connectivity index (χ3v) is 4.37. The van der Waals surface area contributed by atoms with Gasteiger partial charge in [0.2, 0.25) is 11.8 Å². The van der Waals surface area contributed by atoms with Crippen molar-refractivity contribution in [3.8, 4) is 0 Å². The maximum absolute atomic E-state index is 13.2. The summed E-state index contributed by atoms with van der Waals surface area (Å²) >= 11 is 0. The number of nitrogens with zero attached hydrogens (tertiary/aromatic N) is 1. The molecule has 2 aromatic carbocycles. The molecule has 0 aliphatic rings. The first-order valence-corrected chi connectivity index (χ1v) is 9.46. The fourth-order valence-corrected chi connectivity index (χ4v) is 2.94. The molecule has 1 N–H and O–H groups in total. The van der Waals surface area contributed by atoms with Crippen LogP contribution in [0.5, 0.6) is 0 Å². The molecule has 0 fully saturated rings. The van der Waals surface area contributed by atoms with E-state index in [0.717, 1.165) is 11.1 Å². The molecule has 0 heterocycles. The van der Waals surface area contributed by atoms with E-state index in [9.17, 15) is 14.0 Å². The number of carbonyl (C=O) groups excluding carboxylic acids is 2. The van der Waals surface area contributed by atoms with Crippen LogP contribution in [0.4, 0.5) is 4.39 Å². The SMILES string of the molecule is Cc1cccc(CN(C(=O)Cc2ccc(F)cc2)[C@@H](C)C(=O)NC(C)(C)C)c1. The second kappa shape index (κ2) is 9.00. The van der Waals surface area contributed by atoms with Gasteiger partial charge in [-0.25, -0.2) is 4.39 Å². The Labute approximate surface area is 166 Å². The monoisotopic (exact) mass is 384 g/mol. The van der Waals surface area contributed by atoms with Crippen LogP contribution in [0.1, 0.15) is 44.4 Å². The van der Waals surface area contributed by atoms with Crippen molar-refractivity contribution in [3.63, 3.8) is 0 Å². The molecule has 0 aliphatic heterocycles. The van der Waals surface area contributed by atoms with Crippen LogP contribution in [0.15, 0.2) is 48.5 Å². The molecule has 0 unspecified atom stereocenters. The first-order valence-electron chi connectivity index (χ1n) is 9.46. The van der Waals surface area contributed by atoms with Gasteiger partial charge in [0, 0.05) is 12.1 Å². The van der Waals surface area contributed by atoms with Crippen LogP contribution in [-0.4, -0.2) is 28.3 Å². The molecule has 0 bridgehead atoms. The van der Waals surface area contributed by atoms with Crippen molar-refractivity contribution < 1.29 is 14.0 Å². The summed E-state index contributed by atoms with van der Waals surface area (Å²) in [5, 5.41) is 2.94.